The van der Waals surface area contributed by atoms with Crippen molar-refractivity contribution in [1.29, 1.82) is 0 Å². The highest BCUT2D eigenvalue weighted by atomic mass is 19.4. The van der Waals surface area contributed by atoms with Gasteiger partial charge in [-0.2, -0.15) is 13.2 Å². The molecule has 0 saturated carbocycles. The number of benzene rings is 3. The van der Waals surface area contributed by atoms with Gasteiger partial charge in [0.15, 0.2) is 0 Å². The van der Waals surface area contributed by atoms with E-state index < -0.39 is 17.6 Å². The van der Waals surface area contributed by atoms with Gasteiger partial charge >= 0.3 is 6.18 Å². The van der Waals surface area contributed by atoms with Gasteiger partial charge in [0, 0.05) is 17.1 Å². The molecule has 0 fully saturated rings. The SMILES string of the molecule is CC(C)c1cccc(C(=O)Nc2cccc(-c3ccc4nc(N)ncc4c3)c2C(F)(F)F)c1. The van der Waals surface area contributed by atoms with E-state index in [1.165, 1.54) is 30.5 Å². The van der Waals surface area contributed by atoms with Crippen LogP contribution in [0.1, 0.15) is 41.3 Å². The van der Waals surface area contributed by atoms with E-state index in [1.54, 1.807) is 30.3 Å². The molecule has 0 aliphatic heterocycles. The van der Waals surface area contributed by atoms with Crippen molar-refractivity contribution < 1.29 is 18.0 Å². The highest BCUT2D eigenvalue weighted by Gasteiger charge is 2.37. The summed E-state index contributed by atoms with van der Waals surface area (Å²) in [6, 6.07) is 15.7. The summed E-state index contributed by atoms with van der Waals surface area (Å²) >= 11 is 0. The largest absolute Gasteiger partial charge is 0.419 e. The number of hydrogen-bond acceptors (Lipinski definition) is 4. The summed E-state index contributed by atoms with van der Waals surface area (Å²) in [5, 5.41) is 3.00. The maximum absolute atomic E-state index is 14.2. The van der Waals surface area contributed by atoms with Gasteiger partial charge in [-0.1, -0.05) is 44.2 Å². The fourth-order valence-electron chi connectivity index (χ4n) is 3.65. The van der Waals surface area contributed by atoms with Gasteiger partial charge in [0.25, 0.3) is 5.91 Å². The molecule has 1 aromatic heterocycles. The molecular formula is C25H21F3N4O. The van der Waals surface area contributed by atoms with Crippen LogP contribution in [0.25, 0.3) is 22.0 Å². The lowest BCUT2D eigenvalue weighted by Crippen LogP contribution is -2.18. The number of halogens is 3. The first-order valence-electron chi connectivity index (χ1n) is 10.3. The van der Waals surface area contributed by atoms with Gasteiger partial charge in [0.05, 0.1) is 16.8 Å². The molecule has 1 amide bonds. The summed E-state index contributed by atoms with van der Waals surface area (Å²) < 4.78 is 42.6. The summed E-state index contributed by atoms with van der Waals surface area (Å²) in [7, 11) is 0. The summed E-state index contributed by atoms with van der Waals surface area (Å²) in [6.07, 6.45) is -3.24. The molecule has 3 N–H and O–H groups in total. The van der Waals surface area contributed by atoms with Gasteiger partial charge in [0.1, 0.15) is 0 Å². The molecule has 0 saturated heterocycles. The minimum absolute atomic E-state index is 0.0602. The molecule has 0 aliphatic rings. The van der Waals surface area contributed by atoms with Crippen molar-refractivity contribution >= 4 is 28.4 Å². The Bertz CT molecular complexity index is 1350. The number of amides is 1. The highest BCUT2D eigenvalue weighted by Crippen LogP contribution is 2.42. The Balaban J connectivity index is 1.78. The first-order chi connectivity index (χ1) is 15.6. The van der Waals surface area contributed by atoms with Crippen LogP contribution in [0.4, 0.5) is 24.8 Å². The molecule has 3 aromatic carbocycles. The fourth-order valence-corrected chi connectivity index (χ4v) is 3.65. The predicted octanol–water partition coefficient (Wildman–Crippen LogP) is 6.27. The van der Waals surface area contributed by atoms with Crippen molar-refractivity contribution in [3.8, 4) is 11.1 Å². The van der Waals surface area contributed by atoms with Gasteiger partial charge in [-0.25, -0.2) is 9.97 Å². The average Bonchev–Trinajstić information content (AvgIpc) is 2.78. The van der Waals surface area contributed by atoms with Crippen molar-refractivity contribution in [2.45, 2.75) is 25.9 Å². The van der Waals surface area contributed by atoms with Gasteiger partial charge in [0.2, 0.25) is 5.95 Å². The zero-order valence-electron chi connectivity index (χ0n) is 17.9. The monoisotopic (exact) mass is 450 g/mol. The van der Waals surface area contributed by atoms with Gasteiger partial charge < -0.3 is 11.1 Å². The number of anilines is 2. The van der Waals surface area contributed by atoms with Gasteiger partial charge in [-0.3, -0.25) is 4.79 Å². The summed E-state index contributed by atoms with van der Waals surface area (Å²) in [5.74, 6) is -0.348. The van der Waals surface area contributed by atoms with Crippen LogP contribution < -0.4 is 11.1 Å². The van der Waals surface area contributed by atoms with Gasteiger partial charge in [-0.15, -0.1) is 0 Å². The highest BCUT2D eigenvalue weighted by molar-refractivity contribution is 6.05. The van der Waals surface area contributed by atoms with Crippen LogP contribution in [-0.4, -0.2) is 15.9 Å². The van der Waals surface area contributed by atoms with E-state index >= 15 is 0 Å². The van der Waals surface area contributed by atoms with E-state index in [0.717, 1.165) is 5.56 Å². The van der Waals surface area contributed by atoms with Crippen molar-refractivity contribution in [1.82, 2.24) is 9.97 Å². The zero-order chi connectivity index (χ0) is 23.8. The molecule has 4 aromatic rings. The molecule has 0 unspecified atom stereocenters. The molecule has 0 bridgehead atoms. The lowest BCUT2D eigenvalue weighted by molar-refractivity contribution is -0.136. The number of nitrogens with zero attached hydrogens (tertiary/aromatic N) is 2. The Labute approximate surface area is 188 Å². The summed E-state index contributed by atoms with van der Waals surface area (Å²) in [5.41, 5.74) is 6.35. The van der Waals surface area contributed by atoms with Crippen LogP contribution in [0.5, 0.6) is 0 Å². The second-order valence-electron chi connectivity index (χ2n) is 7.96. The molecule has 0 radical (unpaired) electrons. The van der Waals surface area contributed by atoms with E-state index in [9.17, 15) is 18.0 Å². The Morgan fingerprint density at radius 1 is 1.03 bits per heavy atom. The Morgan fingerprint density at radius 3 is 2.52 bits per heavy atom. The second kappa shape index (κ2) is 8.54. The van der Waals surface area contributed by atoms with Crippen LogP contribution in [0.2, 0.25) is 0 Å². The molecule has 1 heterocycles. The quantitative estimate of drug-likeness (QED) is 0.384. The predicted molar refractivity (Wildman–Crippen MR) is 123 cm³/mol. The number of rotatable bonds is 4. The molecule has 4 rings (SSSR count). The molecule has 0 spiro atoms. The lowest BCUT2D eigenvalue weighted by Gasteiger charge is -2.19. The van der Waals surface area contributed by atoms with Crippen LogP contribution in [-0.2, 0) is 6.18 Å². The molecule has 0 atom stereocenters. The third-order valence-electron chi connectivity index (χ3n) is 5.32. The van der Waals surface area contributed by atoms with Crippen LogP contribution >= 0.6 is 0 Å². The number of nitrogens with two attached hydrogens (primary N) is 1. The third kappa shape index (κ3) is 4.64. The molecule has 168 valence electrons. The maximum Gasteiger partial charge on any atom is 0.419 e. The number of aromatic nitrogens is 2. The minimum atomic E-state index is -4.70. The Morgan fingerprint density at radius 2 is 1.79 bits per heavy atom. The third-order valence-corrected chi connectivity index (χ3v) is 5.32. The van der Waals surface area contributed by atoms with E-state index in [4.69, 9.17) is 5.73 Å². The normalized spacial score (nSPS) is 11.7. The van der Waals surface area contributed by atoms with Crippen LogP contribution in [0.3, 0.4) is 0 Å². The van der Waals surface area contributed by atoms with Crippen molar-refractivity contribution in [3.63, 3.8) is 0 Å². The standard InChI is InChI=1S/C25H21F3N4O/c1-14(2)15-5-3-6-17(11-15)23(33)31-21-8-4-7-19(22(21)25(26,27)28)16-9-10-20-18(12-16)13-30-24(29)32-20/h3-14H,1-2H3,(H,31,33)(H2,29,30,32). The minimum Gasteiger partial charge on any atom is -0.368 e. The zero-order valence-corrected chi connectivity index (χ0v) is 17.9. The average molecular weight is 450 g/mol. The molecule has 33 heavy (non-hydrogen) atoms. The van der Waals surface area contributed by atoms with Crippen LogP contribution in [0, 0.1) is 0 Å². The second-order valence-corrected chi connectivity index (χ2v) is 7.96. The lowest BCUT2D eigenvalue weighted by atomic mass is 9.96. The molecule has 5 nitrogen and oxygen atoms in total. The number of carbonyl (C=O) groups is 1. The van der Waals surface area contributed by atoms with Crippen molar-refractivity contribution in [2.24, 2.45) is 0 Å². The smallest absolute Gasteiger partial charge is 0.368 e. The number of alkyl halides is 3. The topological polar surface area (TPSA) is 80.9 Å². The number of nitrogen functional groups attached to an aromatic ring is 1. The molecule has 0 aliphatic carbocycles. The summed E-state index contributed by atoms with van der Waals surface area (Å²) in [4.78, 5) is 20.8. The van der Waals surface area contributed by atoms with Crippen molar-refractivity contribution in [3.05, 3.63) is 83.6 Å². The molecular weight excluding hydrogens is 429 g/mol. The van der Waals surface area contributed by atoms with E-state index in [2.05, 4.69) is 15.3 Å². The maximum atomic E-state index is 14.2. The number of hydrogen-bond donors (Lipinski definition) is 2. The Kier molecular flexibility index (Phi) is 5.76. The number of fused-ring (bicyclic) bond motifs is 1. The fraction of sp³-hybridized carbons (Fsp3) is 0.160. The van der Waals surface area contributed by atoms with E-state index in [1.807, 2.05) is 19.9 Å². The first kappa shape index (κ1) is 22.3. The Hall–Kier alpha value is -3.94. The number of carbonyl (C=O) groups excluding carboxylic acids is 1. The molecule has 8 heteroatoms. The first-order valence-corrected chi connectivity index (χ1v) is 10.3. The van der Waals surface area contributed by atoms with E-state index in [-0.39, 0.29) is 23.1 Å². The van der Waals surface area contributed by atoms with E-state index in [0.29, 0.717) is 22.0 Å². The van der Waals surface area contributed by atoms with Crippen molar-refractivity contribution in [2.75, 3.05) is 11.1 Å². The van der Waals surface area contributed by atoms with Gasteiger partial charge in [-0.05, 0) is 52.9 Å². The summed E-state index contributed by atoms with van der Waals surface area (Å²) in [6.45, 7) is 3.95. The van der Waals surface area contributed by atoms with Crippen LogP contribution in [0.15, 0.2) is 66.9 Å². The number of nitrogens with one attached hydrogen (secondary N) is 1.